The molecule has 0 bridgehead atoms. The average molecular weight is 403 g/mol. The number of sulfonamides is 1. The van der Waals surface area contributed by atoms with E-state index in [4.69, 9.17) is 4.74 Å². The van der Waals surface area contributed by atoms with Gasteiger partial charge in [-0.2, -0.15) is 0 Å². The summed E-state index contributed by atoms with van der Waals surface area (Å²) in [5.74, 6) is 0.466. The van der Waals surface area contributed by atoms with Crippen molar-refractivity contribution in [3.8, 4) is 5.75 Å². The number of carbonyl (C=O) groups excluding carboxylic acids is 1. The lowest BCUT2D eigenvalue weighted by Gasteiger charge is -2.15. The Labute approximate surface area is 166 Å². The van der Waals surface area contributed by atoms with E-state index in [0.29, 0.717) is 11.3 Å². The molecular formula is C21H26N2O4S. The molecule has 1 aliphatic rings. The fraction of sp³-hybridized carbons (Fsp3) is 0.381. The van der Waals surface area contributed by atoms with Gasteiger partial charge in [-0.1, -0.05) is 6.07 Å². The minimum Gasteiger partial charge on any atom is -0.490 e. The summed E-state index contributed by atoms with van der Waals surface area (Å²) in [7, 11) is -0.619. The zero-order valence-corrected chi connectivity index (χ0v) is 17.3. The maximum absolute atomic E-state index is 12.6. The fourth-order valence-corrected chi connectivity index (χ4v) is 4.11. The first-order valence-electron chi connectivity index (χ1n) is 9.38. The van der Waals surface area contributed by atoms with Crippen LogP contribution in [0.2, 0.25) is 0 Å². The van der Waals surface area contributed by atoms with Crippen molar-refractivity contribution in [3.05, 3.63) is 53.6 Å². The van der Waals surface area contributed by atoms with Gasteiger partial charge in [0.05, 0.1) is 11.0 Å². The van der Waals surface area contributed by atoms with Gasteiger partial charge in [0, 0.05) is 25.3 Å². The van der Waals surface area contributed by atoms with Gasteiger partial charge >= 0.3 is 0 Å². The van der Waals surface area contributed by atoms with Gasteiger partial charge in [0.2, 0.25) is 10.0 Å². The number of nitrogens with zero attached hydrogens (tertiary/aromatic N) is 1. The highest BCUT2D eigenvalue weighted by molar-refractivity contribution is 7.89. The maximum atomic E-state index is 12.6. The molecule has 1 aliphatic carbocycles. The Kier molecular flexibility index (Phi) is 6.05. The predicted molar refractivity (Wildman–Crippen MR) is 109 cm³/mol. The summed E-state index contributed by atoms with van der Waals surface area (Å²) in [4.78, 5) is 12.7. The Hall–Kier alpha value is -2.38. The molecule has 0 unspecified atom stereocenters. The van der Waals surface area contributed by atoms with E-state index in [1.54, 1.807) is 30.3 Å². The predicted octanol–water partition coefficient (Wildman–Crippen LogP) is 3.82. The van der Waals surface area contributed by atoms with Crippen molar-refractivity contribution in [2.75, 3.05) is 19.4 Å². The third kappa shape index (κ3) is 4.54. The van der Waals surface area contributed by atoms with Crippen LogP contribution >= 0.6 is 0 Å². The molecule has 1 fully saturated rings. The first-order chi connectivity index (χ1) is 13.3. The lowest BCUT2D eigenvalue weighted by Crippen LogP contribution is -2.22. The molecule has 0 saturated heterocycles. The smallest absolute Gasteiger partial charge is 0.255 e. The molecule has 6 nitrogen and oxygen atoms in total. The van der Waals surface area contributed by atoms with E-state index in [0.717, 1.165) is 28.5 Å². The van der Waals surface area contributed by atoms with Crippen molar-refractivity contribution < 1.29 is 17.9 Å². The molecule has 7 heteroatoms. The van der Waals surface area contributed by atoms with Gasteiger partial charge in [-0.15, -0.1) is 0 Å². The summed E-state index contributed by atoms with van der Waals surface area (Å²) in [5, 5.41) is 2.81. The molecule has 2 aromatic rings. The molecule has 150 valence electrons. The van der Waals surface area contributed by atoms with Gasteiger partial charge in [-0.25, -0.2) is 12.7 Å². The van der Waals surface area contributed by atoms with E-state index >= 15 is 0 Å². The van der Waals surface area contributed by atoms with Crippen LogP contribution in [0.4, 0.5) is 5.69 Å². The van der Waals surface area contributed by atoms with Gasteiger partial charge < -0.3 is 10.1 Å². The highest BCUT2D eigenvalue weighted by atomic mass is 32.2. The molecule has 3 rings (SSSR count). The van der Waals surface area contributed by atoms with Crippen LogP contribution in [-0.2, 0) is 10.0 Å². The fourth-order valence-electron chi connectivity index (χ4n) is 3.19. The average Bonchev–Trinajstić information content (AvgIpc) is 3.16. The van der Waals surface area contributed by atoms with Crippen molar-refractivity contribution in [1.82, 2.24) is 4.31 Å². The Balaban J connectivity index is 1.73. The van der Waals surface area contributed by atoms with Crippen LogP contribution in [0, 0.1) is 6.92 Å². The van der Waals surface area contributed by atoms with E-state index in [1.807, 2.05) is 6.92 Å². The molecule has 1 N–H and O–H groups in total. The standard InChI is InChI=1S/C21H26N2O4S/c1-15-8-13-19(28(25,26)23(2)3)14-20(15)22-21(24)16-9-11-18(12-10-16)27-17-6-4-5-7-17/h8-14,17H,4-7H2,1-3H3,(H,22,24). The summed E-state index contributed by atoms with van der Waals surface area (Å²) in [6.45, 7) is 1.82. The minimum atomic E-state index is -3.57. The molecule has 1 saturated carbocycles. The Morgan fingerprint density at radius 2 is 1.71 bits per heavy atom. The van der Waals surface area contributed by atoms with Gasteiger partial charge in [0.25, 0.3) is 5.91 Å². The zero-order chi connectivity index (χ0) is 20.3. The summed E-state index contributed by atoms with van der Waals surface area (Å²) in [6, 6.07) is 11.7. The number of nitrogens with one attached hydrogen (secondary N) is 1. The first-order valence-corrected chi connectivity index (χ1v) is 10.8. The molecular weight excluding hydrogens is 376 g/mol. The number of hydrogen-bond acceptors (Lipinski definition) is 4. The third-order valence-electron chi connectivity index (χ3n) is 4.96. The number of benzene rings is 2. The number of amides is 1. The first kappa shape index (κ1) is 20.4. The zero-order valence-electron chi connectivity index (χ0n) is 16.4. The number of hydrogen-bond donors (Lipinski definition) is 1. The van der Waals surface area contributed by atoms with E-state index in [9.17, 15) is 13.2 Å². The van der Waals surface area contributed by atoms with Crippen LogP contribution in [0.3, 0.4) is 0 Å². The summed E-state index contributed by atoms with van der Waals surface area (Å²) < 4.78 is 31.7. The number of rotatable bonds is 6. The van der Waals surface area contributed by atoms with E-state index in [1.165, 1.54) is 39.1 Å². The number of carbonyl (C=O) groups is 1. The van der Waals surface area contributed by atoms with Crippen molar-refractivity contribution >= 4 is 21.6 Å². The quantitative estimate of drug-likeness (QED) is 0.797. The lowest BCUT2D eigenvalue weighted by atomic mass is 10.1. The summed E-state index contributed by atoms with van der Waals surface area (Å²) in [5.41, 5.74) is 1.74. The minimum absolute atomic E-state index is 0.138. The molecule has 0 aliphatic heterocycles. The molecule has 1 amide bonds. The largest absolute Gasteiger partial charge is 0.490 e. The number of aryl methyl sites for hydroxylation is 1. The van der Waals surface area contributed by atoms with Crippen LogP contribution < -0.4 is 10.1 Å². The molecule has 0 heterocycles. The van der Waals surface area contributed by atoms with E-state index in [2.05, 4.69) is 5.32 Å². The highest BCUT2D eigenvalue weighted by Gasteiger charge is 2.19. The number of ether oxygens (including phenoxy) is 1. The van der Waals surface area contributed by atoms with Gasteiger partial charge in [-0.05, 0) is 74.6 Å². The molecule has 2 aromatic carbocycles. The lowest BCUT2D eigenvalue weighted by molar-refractivity contribution is 0.102. The third-order valence-corrected chi connectivity index (χ3v) is 6.77. The molecule has 0 radical (unpaired) electrons. The van der Waals surface area contributed by atoms with E-state index in [-0.39, 0.29) is 16.9 Å². The van der Waals surface area contributed by atoms with E-state index < -0.39 is 10.0 Å². The van der Waals surface area contributed by atoms with Crippen molar-refractivity contribution in [2.24, 2.45) is 0 Å². The van der Waals surface area contributed by atoms with Crippen molar-refractivity contribution in [3.63, 3.8) is 0 Å². The van der Waals surface area contributed by atoms with Crippen LogP contribution in [0.5, 0.6) is 5.75 Å². The topological polar surface area (TPSA) is 75.7 Å². The molecule has 0 aromatic heterocycles. The molecule has 0 atom stereocenters. The normalized spacial score (nSPS) is 15.0. The monoisotopic (exact) mass is 402 g/mol. The van der Waals surface area contributed by atoms with Gasteiger partial charge in [0.1, 0.15) is 5.75 Å². The Morgan fingerprint density at radius 3 is 2.32 bits per heavy atom. The van der Waals surface area contributed by atoms with Crippen LogP contribution in [0.25, 0.3) is 0 Å². The SMILES string of the molecule is Cc1ccc(S(=O)(=O)N(C)C)cc1NC(=O)c1ccc(OC2CCCC2)cc1. The second kappa shape index (κ2) is 8.32. The highest BCUT2D eigenvalue weighted by Crippen LogP contribution is 2.25. The van der Waals surface area contributed by atoms with Crippen molar-refractivity contribution in [2.45, 2.75) is 43.6 Å². The maximum Gasteiger partial charge on any atom is 0.255 e. The van der Waals surface area contributed by atoms with Crippen LogP contribution in [-0.4, -0.2) is 38.8 Å². The Bertz CT molecular complexity index is 947. The second-order valence-electron chi connectivity index (χ2n) is 7.27. The number of anilines is 1. The van der Waals surface area contributed by atoms with Gasteiger partial charge in [0.15, 0.2) is 0 Å². The van der Waals surface area contributed by atoms with Gasteiger partial charge in [-0.3, -0.25) is 4.79 Å². The molecule has 28 heavy (non-hydrogen) atoms. The second-order valence-corrected chi connectivity index (χ2v) is 9.42. The van der Waals surface area contributed by atoms with Crippen LogP contribution in [0.15, 0.2) is 47.4 Å². The summed E-state index contributed by atoms with van der Waals surface area (Å²) in [6.07, 6.45) is 4.82. The summed E-state index contributed by atoms with van der Waals surface area (Å²) >= 11 is 0. The Morgan fingerprint density at radius 1 is 1.07 bits per heavy atom. The van der Waals surface area contributed by atoms with Crippen molar-refractivity contribution in [1.29, 1.82) is 0 Å². The van der Waals surface area contributed by atoms with Crippen LogP contribution in [0.1, 0.15) is 41.6 Å². The molecule has 0 spiro atoms.